The molecule has 5 rings (SSSR count). The molecule has 5 nitrogen and oxygen atoms in total. The van der Waals surface area contributed by atoms with Gasteiger partial charge in [0.1, 0.15) is 11.5 Å². The number of carbonyl (C=O) groups excluding carboxylic acids is 1. The van der Waals surface area contributed by atoms with E-state index in [9.17, 15) is 4.79 Å². The number of nitrogens with zero attached hydrogens (tertiary/aromatic N) is 2. The molecule has 3 aromatic carbocycles. The van der Waals surface area contributed by atoms with Crippen molar-refractivity contribution in [2.45, 2.75) is 25.6 Å². The lowest BCUT2D eigenvalue weighted by atomic mass is 9.87. The van der Waals surface area contributed by atoms with Crippen molar-refractivity contribution in [2.24, 2.45) is 0 Å². The fourth-order valence-corrected chi connectivity index (χ4v) is 5.11. The highest BCUT2D eigenvalue weighted by Gasteiger charge is 2.40. The molecule has 0 aromatic heterocycles. The molecule has 0 radical (unpaired) electrons. The number of carbonyl (C=O) groups is 1. The minimum atomic E-state index is -0.187. The molecule has 1 saturated heterocycles. The highest BCUT2D eigenvalue weighted by molar-refractivity contribution is 6.30. The molecule has 2 aliphatic rings. The Labute approximate surface area is 187 Å². The predicted molar refractivity (Wildman–Crippen MR) is 122 cm³/mol. The van der Waals surface area contributed by atoms with Gasteiger partial charge in [0.2, 0.25) is 5.91 Å². The van der Waals surface area contributed by atoms with E-state index in [1.165, 1.54) is 0 Å². The minimum Gasteiger partial charge on any atom is -0.496 e. The minimum absolute atomic E-state index is 0.168. The first-order valence-electron chi connectivity index (χ1n) is 10.5. The van der Waals surface area contributed by atoms with E-state index < -0.39 is 0 Å². The molecule has 160 valence electrons. The summed E-state index contributed by atoms with van der Waals surface area (Å²) in [5.74, 6) is 1.91. The first kappa shape index (κ1) is 20.2. The van der Waals surface area contributed by atoms with Gasteiger partial charge in [0.25, 0.3) is 0 Å². The molecule has 0 N–H and O–H groups in total. The van der Waals surface area contributed by atoms with Gasteiger partial charge in [-0.25, -0.2) is 0 Å². The summed E-state index contributed by atoms with van der Waals surface area (Å²) in [7, 11) is 3.42. The lowest BCUT2D eigenvalue weighted by Crippen LogP contribution is -2.58. The standard InChI is InChI=1S/C25H25ClN2O3/c1-30-23-18-5-3-4-6-19(18)24(31-2)21-15-27-11-12-28(25(29)22(27)13-20(21)23)14-16-7-9-17(26)10-8-16/h3-10,22H,11-15H2,1-2H3. The van der Waals surface area contributed by atoms with Crippen LogP contribution in [0, 0.1) is 0 Å². The van der Waals surface area contributed by atoms with Crippen molar-refractivity contribution in [1.29, 1.82) is 0 Å². The molecule has 0 spiro atoms. The van der Waals surface area contributed by atoms with Crippen LogP contribution in [0.2, 0.25) is 5.02 Å². The number of piperazine rings is 1. The molecule has 1 atom stereocenters. The Balaban J connectivity index is 1.50. The quantitative estimate of drug-likeness (QED) is 0.612. The molecule has 1 fully saturated rings. The molecule has 3 aromatic rings. The molecular weight excluding hydrogens is 412 g/mol. The number of hydrogen-bond donors (Lipinski definition) is 0. The van der Waals surface area contributed by atoms with Crippen LogP contribution in [0.3, 0.4) is 0 Å². The van der Waals surface area contributed by atoms with Crippen LogP contribution in [0.15, 0.2) is 48.5 Å². The third-order valence-electron chi connectivity index (χ3n) is 6.48. The molecule has 6 heteroatoms. The number of rotatable bonds is 4. The van der Waals surface area contributed by atoms with E-state index in [4.69, 9.17) is 21.1 Å². The van der Waals surface area contributed by atoms with Crippen molar-refractivity contribution >= 4 is 28.3 Å². The van der Waals surface area contributed by atoms with Crippen LogP contribution < -0.4 is 9.47 Å². The summed E-state index contributed by atoms with van der Waals surface area (Å²) < 4.78 is 11.7. The maximum Gasteiger partial charge on any atom is 0.240 e. The summed E-state index contributed by atoms with van der Waals surface area (Å²) in [6, 6.07) is 15.7. The lowest BCUT2D eigenvalue weighted by Gasteiger charge is -2.44. The van der Waals surface area contributed by atoms with E-state index in [-0.39, 0.29) is 11.9 Å². The van der Waals surface area contributed by atoms with Gasteiger partial charge in [0, 0.05) is 59.5 Å². The zero-order chi connectivity index (χ0) is 21.5. The summed E-state index contributed by atoms with van der Waals surface area (Å²) in [5, 5.41) is 2.78. The smallest absolute Gasteiger partial charge is 0.240 e. The second kappa shape index (κ2) is 8.06. The monoisotopic (exact) mass is 436 g/mol. The van der Waals surface area contributed by atoms with Crippen LogP contribution in [0.5, 0.6) is 11.5 Å². The summed E-state index contributed by atoms with van der Waals surface area (Å²) >= 11 is 6.01. The van der Waals surface area contributed by atoms with Crippen LogP contribution in [0.25, 0.3) is 10.8 Å². The van der Waals surface area contributed by atoms with Crippen LogP contribution in [-0.2, 0) is 24.3 Å². The van der Waals surface area contributed by atoms with Gasteiger partial charge in [-0.05, 0) is 17.7 Å². The van der Waals surface area contributed by atoms with Crippen molar-refractivity contribution in [3.63, 3.8) is 0 Å². The van der Waals surface area contributed by atoms with Crippen molar-refractivity contribution in [1.82, 2.24) is 9.80 Å². The van der Waals surface area contributed by atoms with Crippen molar-refractivity contribution < 1.29 is 14.3 Å². The maximum absolute atomic E-state index is 13.4. The summed E-state index contributed by atoms with van der Waals surface area (Å²) in [4.78, 5) is 17.7. The Morgan fingerprint density at radius 3 is 2.23 bits per heavy atom. The SMILES string of the molecule is COc1c2c(c(OC)c3ccccc13)CN1CCN(Cc3ccc(Cl)cc3)C(=O)C1C2. The Hall–Kier alpha value is -2.76. The van der Waals surface area contributed by atoms with Crippen molar-refractivity contribution in [3.8, 4) is 11.5 Å². The number of benzene rings is 3. The van der Waals surface area contributed by atoms with E-state index in [1.54, 1.807) is 14.2 Å². The van der Waals surface area contributed by atoms with Gasteiger partial charge in [0.15, 0.2) is 0 Å². The molecular formula is C25H25ClN2O3. The number of fused-ring (bicyclic) bond motifs is 3. The molecule has 1 unspecified atom stereocenters. The van der Waals surface area contributed by atoms with E-state index in [0.717, 1.165) is 45.5 Å². The van der Waals surface area contributed by atoms with Crippen molar-refractivity contribution in [2.75, 3.05) is 27.3 Å². The summed E-state index contributed by atoms with van der Waals surface area (Å²) in [5.41, 5.74) is 3.31. The number of amides is 1. The fraction of sp³-hybridized carbons (Fsp3) is 0.320. The van der Waals surface area contributed by atoms with Gasteiger partial charge >= 0.3 is 0 Å². The first-order chi connectivity index (χ1) is 15.1. The van der Waals surface area contributed by atoms with E-state index >= 15 is 0 Å². The third-order valence-corrected chi connectivity index (χ3v) is 6.73. The average molecular weight is 437 g/mol. The molecule has 2 aliphatic heterocycles. The Bertz CT molecular complexity index is 1150. The predicted octanol–water partition coefficient (Wildman–Crippen LogP) is 4.28. The summed E-state index contributed by atoms with van der Waals surface area (Å²) in [6.45, 7) is 2.83. The third kappa shape index (κ3) is 3.42. The normalized spacial score (nSPS) is 18.6. The summed E-state index contributed by atoms with van der Waals surface area (Å²) in [6.07, 6.45) is 0.621. The Morgan fingerprint density at radius 2 is 1.58 bits per heavy atom. The van der Waals surface area contributed by atoms with Crippen LogP contribution in [0.1, 0.15) is 16.7 Å². The lowest BCUT2D eigenvalue weighted by molar-refractivity contribution is -0.143. The Kier molecular flexibility index (Phi) is 5.24. The van der Waals surface area contributed by atoms with E-state index in [0.29, 0.717) is 31.1 Å². The topological polar surface area (TPSA) is 42.0 Å². The number of methoxy groups -OCH3 is 2. The highest BCUT2D eigenvalue weighted by Crippen LogP contribution is 2.44. The van der Waals surface area contributed by atoms with Gasteiger partial charge in [-0.1, -0.05) is 48.0 Å². The molecule has 31 heavy (non-hydrogen) atoms. The molecule has 2 heterocycles. The second-order valence-electron chi connectivity index (χ2n) is 8.15. The van der Waals surface area contributed by atoms with Gasteiger partial charge in [-0.2, -0.15) is 0 Å². The molecule has 0 saturated carbocycles. The number of hydrogen-bond acceptors (Lipinski definition) is 4. The molecule has 1 amide bonds. The zero-order valence-electron chi connectivity index (χ0n) is 17.7. The van der Waals surface area contributed by atoms with Crippen molar-refractivity contribution in [3.05, 3.63) is 70.2 Å². The number of ether oxygens (including phenoxy) is 2. The highest BCUT2D eigenvalue weighted by atomic mass is 35.5. The molecule has 0 bridgehead atoms. The largest absolute Gasteiger partial charge is 0.496 e. The zero-order valence-corrected chi connectivity index (χ0v) is 18.5. The van der Waals surface area contributed by atoms with Crippen LogP contribution in [-0.4, -0.2) is 49.1 Å². The average Bonchev–Trinajstić information content (AvgIpc) is 2.80. The van der Waals surface area contributed by atoms with Crippen LogP contribution >= 0.6 is 11.6 Å². The Morgan fingerprint density at radius 1 is 0.935 bits per heavy atom. The van der Waals surface area contributed by atoms with Gasteiger partial charge < -0.3 is 14.4 Å². The number of halogens is 1. The van der Waals surface area contributed by atoms with E-state index in [2.05, 4.69) is 17.0 Å². The van der Waals surface area contributed by atoms with Gasteiger partial charge in [-0.15, -0.1) is 0 Å². The first-order valence-corrected chi connectivity index (χ1v) is 10.9. The second-order valence-corrected chi connectivity index (χ2v) is 8.58. The van der Waals surface area contributed by atoms with Gasteiger partial charge in [-0.3, -0.25) is 9.69 Å². The van der Waals surface area contributed by atoms with Gasteiger partial charge in [0.05, 0.1) is 20.3 Å². The maximum atomic E-state index is 13.4. The fourth-order valence-electron chi connectivity index (χ4n) is 4.98. The van der Waals surface area contributed by atoms with Crippen LogP contribution in [0.4, 0.5) is 0 Å². The van der Waals surface area contributed by atoms with E-state index in [1.807, 2.05) is 41.3 Å². The molecule has 0 aliphatic carbocycles.